The van der Waals surface area contributed by atoms with Crippen molar-refractivity contribution in [3.8, 4) is 0 Å². The van der Waals surface area contributed by atoms with Crippen LogP contribution in [-0.2, 0) is 6.42 Å². The molecule has 2 heterocycles. The first-order valence-electron chi connectivity index (χ1n) is 5.80. The maximum absolute atomic E-state index is 13.0. The maximum Gasteiger partial charge on any atom is 0.124 e. The van der Waals surface area contributed by atoms with Crippen molar-refractivity contribution in [3.05, 3.63) is 57.0 Å². The predicted octanol–water partition coefficient (Wildman–Crippen LogP) is 5.00. The highest BCUT2D eigenvalue weighted by atomic mass is 35.5. The first kappa shape index (κ1) is 13.1. The molecule has 0 saturated heterocycles. The topological polar surface area (TPSA) is 26.0 Å². The Morgan fingerprint density at radius 3 is 2.79 bits per heavy atom. The van der Waals surface area contributed by atoms with Gasteiger partial charge < -0.3 is 5.73 Å². The molecule has 0 saturated carbocycles. The molecule has 0 radical (unpaired) electrons. The van der Waals surface area contributed by atoms with E-state index in [2.05, 4.69) is 17.5 Å². The monoisotopic (exact) mass is 311 g/mol. The van der Waals surface area contributed by atoms with Crippen LogP contribution in [0.3, 0.4) is 0 Å². The molecule has 2 N–H and O–H groups in total. The van der Waals surface area contributed by atoms with Crippen molar-refractivity contribution in [2.75, 3.05) is 0 Å². The number of thiophene rings is 2. The lowest BCUT2D eigenvalue weighted by Crippen LogP contribution is -2.12. The first-order chi connectivity index (χ1) is 9.13. The van der Waals surface area contributed by atoms with Gasteiger partial charge in [-0.2, -0.15) is 0 Å². The Bertz CT molecular complexity index is 691. The highest BCUT2D eigenvalue weighted by Crippen LogP contribution is 2.34. The van der Waals surface area contributed by atoms with Gasteiger partial charge in [0.2, 0.25) is 0 Å². The lowest BCUT2D eigenvalue weighted by atomic mass is 10.1. The standard InChI is InChI=1S/C14H11ClFNS2/c15-10-6-9(16)2-1-8(10)5-11(17)13-7-14-12(19-13)3-4-18-14/h1-4,6-7,11H,5,17H2. The van der Waals surface area contributed by atoms with Gasteiger partial charge in [0.15, 0.2) is 0 Å². The van der Waals surface area contributed by atoms with E-state index in [1.807, 2.05) is 0 Å². The number of hydrogen-bond acceptors (Lipinski definition) is 3. The number of halogens is 2. The lowest BCUT2D eigenvalue weighted by Gasteiger charge is -2.11. The molecule has 1 unspecified atom stereocenters. The van der Waals surface area contributed by atoms with Crippen LogP contribution in [-0.4, -0.2) is 0 Å². The van der Waals surface area contributed by atoms with Gasteiger partial charge in [0, 0.05) is 25.3 Å². The first-order valence-corrected chi connectivity index (χ1v) is 7.87. The molecule has 0 bridgehead atoms. The van der Waals surface area contributed by atoms with E-state index in [4.69, 9.17) is 17.3 Å². The summed E-state index contributed by atoms with van der Waals surface area (Å²) in [7, 11) is 0. The molecule has 0 aliphatic carbocycles. The van der Waals surface area contributed by atoms with Gasteiger partial charge in [-0.15, -0.1) is 22.7 Å². The Balaban J connectivity index is 1.84. The maximum atomic E-state index is 13.0. The Morgan fingerprint density at radius 1 is 1.21 bits per heavy atom. The van der Waals surface area contributed by atoms with Crippen LogP contribution in [0.15, 0.2) is 35.7 Å². The van der Waals surface area contributed by atoms with Gasteiger partial charge in [-0.3, -0.25) is 0 Å². The van der Waals surface area contributed by atoms with Crippen LogP contribution in [0.2, 0.25) is 5.02 Å². The summed E-state index contributed by atoms with van der Waals surface area (Å²) in [6, 6.07) is 8.58. The number of hydrogen-bond donors (Lipinski definition) is 1. The molecule has 0 amide bonds. The summed E-state index contributed by atoms with van der Waals surface area (Å²) >= 11 is 9.45. The Hall–Kier alpha value is -0.940. The van der Waals surface area contributed by atoms with E-state index in [1.54, 1.807) is 28.7 Å². The van der Waals surface area contributed by atoms with Crippen molar-refractivity contribution in [2.45, 2.75) is 12.5 Å². The van der Waals surface area contributed by atoms with E-state index in [-0.39, 0.29) is 11.9 Å². The molecule has 0 aliphatic rings. The molecule has 19 heavy (non-hydrogen) atoms. The number of nitrogens with two attached hydrogens (primary N) is 1. The minimum atomic E-state index is -0.320. The summed E-state index contributed by atoms with van der Waals surface area (Å²) in [6.45, 7) is 0. The third-order valence-electron chi connectivity index (χ3n) is 2.98. The molecule has 98 valence electrons. The summed E-state index contributed by atoms with van der Waals surface area (Å²) in [5.41, 5.74) is 7.10. The average Bonchev–Trinajstić information content (AvgIpc) is 2.93. The van der Waals surface area contributed by atoms with Gasteiger partial charge in [0.1, 0.15) is 5.82 Å². The molecule has 1 aromatic carbocycles. The Labute approximate surface area is 123 Å². The van der Waals surface area contributed by atoms with Gasteiger partial charge >= 0.3 is 0 Å². The number of benzene rings is 1. The fourth-order valence-corrected chi connectivity index (χ4v) is 4.36. The molecule has 0 spiro atoms. The van der Waals surface area contributed by atoms with Crippen molar-refractivity contribution < 1.29 is 4.39 Å². The van der Waals surface area contributed by atoms with Crippen molar-refractivity contribution in [3.63, 3.8) is 0 Å². The van der Waals surface area contributed by atoms with Crippen molar-refractivity contribution >= 4 is 43.7 Å². The largest absolute Gasteiger partial charge is 0.323 e. The van der Waals surface area contributed by atoms with Crippen LogP contribution >= 0.6 is 34.3 Å². The SMILES string of the molecule is NC(Cc1ccc(F)cc1Cl)c1cc2sccc2s1. The van der Waals surface area contributed by atoms with Gasteiger partial charge in [-0.1, -0.05) is 17.7 Å². The van der Waals surface area contributed by atoms with Crippen molar-refractivity contribution in [1.82, 2.24) is 0 Å². The quantitative estimate of drug-likeness (QED) is 0.724. The van der Waals surface area contributed by atoms with Crippen LogP contribution in [0.25, 0.3) is 9.40 Å². The van der Waals surface area contributed by atoms with Gasteiger partial charge in [0.25, 0.3) is 0 Å². The second-order valence-corrected chi connectivity index (χ2v) is 6.81. The summed E-state index contributed by atoms with van der Waals surface area (Å²) in [5, 5.41) is 2.52. The van der Waals surface area contributed by atoms with Crippen LogP contribution in [0, 0.1) is 5.82 Å². The van der Waals surface area contributed by atoms with Crippen LogP contribution < -0.4 is 5.73 Å². The molecule has 1 atom stereocenters. The molecule has 1 nitrogen and oxygen atoms in total. The molecule has 5 heteroatoms. The third kappa shape index (κ3) is 2.67. The molecule has 2 aromatic heterocycles. The second kappa shape index (κ2) is 5.21. The molecule has 0 aliphatic heterocycles. The van der Waals surface area contributed by atoms with Crippen molar-refractivity contribution in [2.24, 2.45) is 5.73 Å². The minimum Gasteiger partial charge on any atom is -0.323 e. The highest BCUT2D eigenvalue weighted by molar-refractivity contribution is 7.26. The summed E-state index contributed by atoms with van der Waals surface area (Å²) in [5.74, 6) is -0.320. The second-order valence-electron chi connectivity index (χ2n) is 4.34. The Morgan fingerprint density at radius 2 is 2.05 bits per heavy atom. The van der Waals surface area contributed by atoms with E-state index in [0.29, 0.717) is 11.4 Å². The summed E-state index contributed by atoms with van der Waals surface area (Å²) in [4.78, 5) is 1.14. The van der Waals surface area contributed by atoms with Gasteiger partial charge in [0.05, 0.1) is 0 Å². The summed E-state index contributed by atoms with van der Waals surface area (Å²) < 4.78 is 15.5. The third-order valence-corrected chi connectivity index (χ3v) is 5.56. The predicted molar refractivity (Wildman–Crippen MR) is 81.7 cm³/mol. The molecular formula is C14H11ClFNS2. The van der Waals surface area contributed by atoms with E-state index in [0.717, 1.165) is 10.4 Å². The van der Waals surface area contributed by atoms with Crippen LogP contribution in [0.1, 0.15) is 16.5 Å². The molecule has 3 aromatic rings. The fourth-order valence-electron chi connectivity index (χ4n) is 1.99. The lowest BCUT2D eigenvalue weighted by molar-refractivity contribution is 0.626. The van der Waals surface area contributed by atoms with E-state index in [1.165, 1.54) is 21.5 Å². The minimum absolute atomic E-state index is 0.104. The molecular weight excluding hydrogens is 301 g/mol. The summed E-state index contributed by atoms with van der Waals surface area (Å²) in [6.07, 6.45) is 0.618. The zero-order chi connectivity index (χ0) is 13.4. The highest BCUT2D eigenvalue weighted by Gasteiger charge is 2.13. The van der Waals surface area contributed by atoms with Gasteiger partial charge in [-0.05, 0) is 41.6 Å². The molecule has 3 rings (SSSR count). The number of fused-ring (bicyclic) bond motifs is 1. The van der Waals surface area contributed by atoms with Crippen LogP contribution in [0.5, 0.6) is 0 Å². The van der Waals surface area contributed by atoms with Gasteiger partial charge in [-0.25, -0.2) is 4.39 Å². The zero-order valence-electron chi connectivity index (χ0n) is 9.90. The molecule has 0 fully saturated rings. The van der Waals surface area contributed by atoms with E-state index < -0.39 is 0 Å². The Kier molecular flexibility index (Phi) is 3.58. The van der Waals surface area contributed by atoms with Crippen LogP contribution in [0.4, 0.5) is 4.39 Å². The van der Waals surface area contributed by atoms with E-state index in [9.17, 15) is 4.39 Å². The number of rotatable bonds is 3. The zero-order valence-corrected chi connectivity index (χ0v) is 12.3. The normalized spacial score (nSPS) is 13.0. The fraction of sp³-hybridized carbons (Fsp3) is 0.143. The smallest absolute Gasteiger partial charge is 0.124 e. The van der Waals surface area contributed by atoms with Crippen molar-refractivity contribution in [1.29, 1.82) is 0 Å². The average molecular weight is 312 g/mol. The van der Waals surface area contributed by atoms with E-state index >= 15 is 0 Å².